The number of ether oxygens (including phenoxy) is 6. The highest BCUT2D eigenvalue weighted by Crippen LogP contribution is 2.23. The predicted octanol–water partition coefficient (Wildman–Crippen LogP) is 13.5. The van der Waals surface area contributed by atoms with Crippen molar-refractivity contribution in [1.29, 1.82) is 0 Å². The zero-order chi connectivity index (χ0) is 47.1. The van der Waals surface area contributed by atoms with Crippen molar-refractivity contribution in [2.24, 2.45) is 5.92 Å². The number of unbranched alkanes of at least 4 members (excludes halogenated alkanes) is 18. The summed E-state index contributed by atoms with van der Waals surface area (Å²) in [5.74, 6) is -1.27. The normalized spacial score (nSPS) is 13.9. The van der Waals surface area contributed by atoms with E-state index in [1.54, 1.807) is 0 Å². The summed E-state index contributed by atoms with van der Waals surface area (Å²) in [6.45, 7) is 9.28. The number of nitrogens with zero attached hydrogens (tertiary/aromatic N) is 1. The minimum Gasteiger partial charge on any atom is -0.465 e. The van der Waals surface area contributed by atoms with Gasteiger partial charge in [-0.25, -0.2) is 4.79 Å². The Hall–Kier alpha value is -2.47. The monoisotopic (exact) mass is 922 g/mol. The van der Waals surface area contributed by atoms with Gasteiger partial charge >= 0.3 is 18.1 Å². The minimum atomic E-state index is -0.808. The van der Waals surface area contributed by atoms with E-state index in [0.717, 1.165) is 90.0 Å². The summed E-state index contributed by atoms with van der Waals surface area (Å²) in [6.07, 6.45) is 41.3. The number of hydrogen-bond donors (Lipinski definition) is 1. The number of carbonyl (C=O) groups is 3. The van der Waals surface area contributed by atoms with Gasteiger partial charge in [0.15, 0.2) is 6.29 Å². The van der Waals surface area contributed by atoms with Gasteiger partial charge in [0.25, 0.3) is 0 Å². The third kappa shape index (κ3) is 39.3. The van der Waals surface area contributed by atoms with E-state index in [1.165, 1.54) is 96.3 Å². The fourth-order valence-electron chi connectivity index (χ4n) is 8.14. The first-order chi connectivity index (χ1) is 31.9. The van der Waals surface area contributed by atoms with Crippen LogP contribution in [0, 0.1) is 5.92 Å². The second kappa shape index (κ2) is 46.6. The van der Waals surface area contributed by atoms with E-state index in [0.29, 0.717) is 45.1 Å². The highest BCUT2D eigenvalue weighted by Gasteiger charge is 2.22. The largest absolute Gasteiger partial charge is 0.508 e. The van der Waals surface area contributed by atoms with Crippen molar-refractivity contribution in [3.63, 3.8) is 0 Å². The first-order valence-corrected chi connectivity index (χ1v) is 26.9. The number of carbonyl (C=O) groups excluding carboxylic acids is 3. The van der Waals surface area contributed by atoms with Gasteiger partial charge in [0.2, 0.25) is 0 Å². The van der Waals surface area contributed by atoms with Crippen molar-refractivity contribution < 1.29 is 47.9 Å². The van der Waals surface area contributed by atoms with E-state index >= 15 is 0 Å². The molecule has 380 valence electrons. The smallest absolute Gasteiger partial charge is 0.465 e. The Morgan fingerprint density at radius 3 is 1.65 bits per heavy atom. The molecule has 1 atom stereocenters. The van der Waals surface area contributed by atoms with Crippen LogP contribution in [0.1, 0.15) is 226 Å². The van der Waals surface area contributed by atoms with E-state index in [-0.39, 0.29) is 45.4 Å². The highest BCUT2D eigenvalue weighted by atomic mass is 16.7. The van der Waals surface area contributed by atoms with E-state index in [2.05, 4.69) is 50.0 Å². The summed E-state index contributed by atoms with van der Waals surface area (Å²) < 4.78 is 34.4. The molecule has 0 aromatic heterocycles. The van der Waals surface area contributed by atoms with Crippen LogP contribution in [-0.4, -0.2) is 99.8 Å². The molecule has 1 aliphatic rings. The first-order valence-electron chi connectivity index (χ1n) is 26.9. The molecule has 0 aromatic carbocycles. The number of rotatable bonds is 46. The lowest BCUT2D eigenvalue weighted by Gasteiger charge is -2.33. The molecule has 0 saturated heterocycles. The second-order valence-corrected chi connectivity index (χ2v) is 18.3. The van der Waals surface area contributed by atoms with Crippen LogP contribution in [0.25, 0.3) is 0 Å². The molecule has 1 fully saturated rings. The first kappa shape index (κ1) is 60.5. The fourth-order valence-corrected chi connectivity index (χ4v) is 8.14. The molecule has 1 saturated carbocycles. The van der Waals surface area contributed by atoms with Gasteiger partial charge in [-0.2, -0.15) is 0 Å². The van der Waals surface area contributed by atoms with E-state index < -0.39 is 24.3 Å². The summed E-state index contributed by atoms with van der Waals surface area (Å²) in [5, 5.41) is 9.59. The number of hydrogen-bond acceptors (Lipinski definition) is 11. The zero-order valence-corrected chi connectivity index (χ0v) is 42.1. The Morgan fingerprint density at radius 1 is 0.538 bits per heavy atom. The molecule has 1 rings (SSSR count). The average molecular weight is 922 g/mol. The maximum absolute atomic E-state index is 13.0. The lowest BCUT2D eigenvalue weighted by atomic mass is 9.94. The molecule has 1 unspecified atom stereocenters. The Kier molecular flexibility index (Phi) is 43.4. The Morgan fingerprint density at radius 2 is 1.05 bits per heavy atom. The zero-order valence-electron chi connectivity index (χ0n) is 42.1. The van der Waals surface area contributed by atoms with Crippen molar-refractivity contribution in [3.05, 3.63) is 24.3 Å². The lowest BCUT2D eigenvalue weighted by Crippen LogP contribution is -2.39. The molecule has 1 N–H and O–H groups in total. The molecule has 11 nitrogen and oxygen atoms in total. The van der Waals surface area contributed by atoms with Gasteiger partial charge in [0.05, 0.1) is 25.6 Å². The molecule has 65 heavy (non-hydrogen) atoms. The van der Waals surface area contributed by atoms with Crippen LogP contribution in [0.4, 0.5) is 4.79 Å². The fraction of sp³-hybridized carbons (Fsp3) is 0.870. The number of esters is 2. The summed E-state index contributed by atoms with van der Waals surface area (Å²) in [6, 6.07) is 0.463. The van der Waals surface area contributed by atoms with Crippen molar-refractivity contribution in [2.45, 2.75) is 239 Å². The Bertz CT molecular complexity index is 1120. The van der Waals surface area contributed by atoms with Gasteiger partial charge in [-0.05, 0) is 70.6 Å². The van der Waals surface area contributed by atoms with Crippen LogP contribution in [0.5, 0.6) is 0 Å². The molecule has 1 aliphatic carbocycles. The van der Waals surface area contributed by atoms with Gasteiger partial charge in [-0.15, -0.1) is 0 Å². The van der Waals surface area contributed by atoms with Crippen molar-refractivity contribution >= 4 is 18.1 Å². The molecule has 0 aliphatic heterocycles. The molecular weight excluding hydrogens is 823 g/mol. The van der Waals surface area contributed by atoms with Crippen LogP contribution in [0.2, 0.25) is 0 Å². The molecule has 0 spiro atoms. The second-order valence-electron chi connectivity index (χ2n) is 18.3. The SMILES string of the molecule is CCCCC/C=C\C/C=C\CCCCCCCC(=O)OCC(COC(=O)CCC(OCCCCCCCC)OCCCCCCCC)COC(=O)OCCCN(CCO)C1CCCCC1. The third-order valence-corrected chi connectivity index (χ3v) is 12.2. The quantitative estimate of drug-likeness (QED) is 0.0206. The van der Waals surface area contributed by atoms with Gasteiger partial charge in [0, 0.05) is 45.2 Å². The van der Waals surface area contributed by atoms with Gasteiger partial charge < -0.3 is 33.5 Å². The topological polar surface area (TPSA) is 130 Å². The lowest BCUT2D eigenvalue weighted by molar-refractivity contribution is -0.161. The van der Waals surface area contributed by atoms with Gasteiger partial charge in [-0.3, -0.25) is 14.5 Å². The molecule has 0 radical (unpaired) electrons. The molecule has 0 heterocycles. The van der Waals surface area contributed by atoms with Crippen molar-refractivity contribution in [3.8, 4) is 0 Å². The van der Waals surface area contributed by atoms with Crippen LogP contribution in [-0.2, 0) is 38.0 Å². The molecule has 0 aromatic rings. The van der Waals surface area contributed by atoms with Gasteiger partial charge in [0.1, 0.15) is 19.8 Å². The Labute approximate surface area is 397 Å². The van der Waals surface area contributed by atoms with Gasteiger partial charge in [-0.1, -0.05) is 161 Å². The maximum atomic E-state index is 13.0. The van der Waals surface area contributed by atoms with Crippen molar-refractivity contribution in [2.75, 3.05) is 59.3 Å². The average Bonchev–Trinajstić information content (AvgIpc) is 3.32. The van der Waals surface area contributed by atoms with E-state index in [4.69, 9.17) is 28.4 Å². The van der Waals surface area contributed by atoms with E-state index in [9.17, 15) is 19.5 Å². The summed E-state index contributed by atoms with van der Waals surface area (Å²) in [7, 11) is 0. The predicted molar refractivity (Wildman–Crippen MR) is 264 cm³/mol. The molecular formula is C54H99NO10. The summed E-state index contributed by atoms with van der Waals surface area (Å²) >= 11 is 0. The van der Waals surface area contributed by atoms with Crippen LogP contribution >= 0.6 is 0 Å². The third-order valence-electron chi connectivity index (χ3n) is 12.2. The van der Waals surface area contributed by atoms with Crippen LogP contribution in [0.3, 0.4) is 0 Å². The maximum Gasteiger partial charge on any atom is 0.508 e. The minimum absolute atomic E-state index is 0.0392. The molecule has 11 heteroatoms. The molecule has 0 amide bonds. The molecule has 0 bridgehead atoms. The number of allylic oxidation sites excluding steroid dienone is 4. The van der Waals surface area contributed by atoms with Crippen LogP contribution in [0.15, 0.2) is 24.3 Å². The number of aliphatic hydroxyl groups is 1. The van der Waals surface area contributed by atoms with Crippen LogP contribution < -0.4 is 0 Å². The standard InChI is InChI=1S/C54H99NO10/c1-4-7-10-13-16-17-18-19-20-21-22-23-24-25-31-37-51(57)63-46-49(48-65-54(59)62-45-34-40-55(41-42-56)50-35-29-28-30-36-50)47-64-52(58)38-39-53(60-43-32-26-14-11-8-5-2)61-44-33-27-15-12-9-6-3/h16-17,19-20,49-50,53,56H,4-15,18,21-48H2,1-3H3/b17-16-,20-19-. The van der Waals surface area contributed by atoms with Crippen molar-refractivity contribution in [1.82, 2.24) is 4.90 Å². The summed E-state index contributed by atoms with van der Waals surface area (Å²) in [4.78, 5) is 40.7. The highest BCUT2D eigenvalue weighted by molar-refractivity contribution is 5.69. The number of aliphatic hydroxyl groups excluding tert-OH is 1. The Balaban J connectivity index is 2.60. The summed E-state index contributed by atoms with van der Waals surface area (Å²) in [5.41, 5.74) is 0. The van der Waals surface area contributed by atoms with E-state index in [1.807, 2.05) is 0 Å².